The Bertz CT molecular complexity index is 848. The second-order valence-corrected chi connectivity index (χ2v) is 7.76. The number of para-hydroxylation sites is 1. The van der Waals surface area contributed by atoms with E-state index in [1.165, 1.54) is 4.90 Å². The summed E-state index contributed by atoms with van der Waals surface area (Å²) in [5.41, 5.74) is 2.57. The highest BCUT2D eigenvalue weighted by Crippen LogP contribution is 2.42. The van der Waals surface area contributed by atoms with Gasteiger partial charge in [0.15, 0.2) is 6.10 Å². The minimum Gasteiger partial charge on any atom is -0.273 e. The van der Waals surface area contributed by atoms with Gasteiger partial charge in [-0.2, -0.15) is 0 Å². The predicted molar refractivity (Wildman–Crippen MR) is 104 cm³/mol. The van der Waals surface area contributed by atoms with E-state index in [9.17, 15) is 9.59 Å². The van der Waals surface area contributed by atoms with Crippen LogP contribution in [0.4, 0.5) is 11.4 Å². The molecular formula is C22H24N2O3. The summed E-state index contributed by atoms with van der Waals surface area (Å²) in [6.45, 7) is 6.22. The standard InChI is InChI=1S/C22H24N2O3/c1-14(2)13-18-19-20(27-24(18)17-7-5-4-6-8-17)22(26)23(21(19)25)16-11-9-15(3)10-12-16/h4-12,14,18-20H,13H2,1-3H3/t18-,19+,20-/m1/s1. The Balaban J connectivity index is 1.69. The maximum absolute atomic E-state index is 13.2. The highest BCUT2D eigenvalue weighted by molar-refractivity contribution is 6.23. The van der Waals surface area contributed by atoms with Gasteiger partial charge in [-0.15, -0.1) is 0 Å². The van der Waals surface area contributed by atoms with Gasteiger partial charge in [-0.1, -0.05) is 49.7 Å². The van der Waals surface area contributed by atoms with Crippen LogP contribution in [0.5, 0.6) is 0 Å². The smallest absolute Gasteiger partial charge is 0.266 e. The summed E-state index contributed by atoms with van der Waals surface area (Å²) in [6.07, 6.45) is 0.0133. The van der Waals surface area contributed by atoms with Gasteiger partial charge in [-0.3, -0.25) is 14.4 Å². The lowest BCUT2D eigenvalue weighted by molar-refractivity contribution is -0.126. The maximum Gasteiger partial charge on any atom is 0.266 e. The van der Waals surface area contributed by atoms with Gasteiger partial charge in [0.1, 0.15) is 0 Å². The molecule has 2 aliphatic rings. The molecule has 3 atom stereocenters. The summed E-state index contributed by atoms with van der Waals surface area (Å²) >= 11 is 0. The van der Waals surface area contributed by atoms with E-state index in [0.29, 0.717) is 11.6 Å². The minimum absolute atomic E-state index is 0.163. The van der Waals surface area contributed by atoms with E-state index >= 15 is 0 Å². The summed E-state index contributed by atoms with van der Waals surface area (Å²) in [6, 6.07) is 17.0. The number of hydroxylamine groups is 1. The van der Waals surface area contributed by atoms with Crippen molar-refractivity contribution in [2.45, 2.75) is 39.3 Å². The Hall–Kier alpha value is -2.66. The second-order valence-electron chi connectivity index (χ2n) is 7.76. The van der Waals surface area contributed by atoms with Crippen LogP contribution >= 0.6 is 0 Å². The molecule has 5 heteroatoms. The van der Waals surface area contributed by atoms with Gasteiger partial charge in [0.2, 0.25) is 5.91 Å². The number of carbonyl (C=O) groups is 2. The molecule has 5 nitrogen and oxygen atoms in total. The molecule has 2 saturated heterocycles. The third-order valence-electron chi connectivity index (χ3n) is 5.25. The molecule has 0 aromatic heterocycles. The molecule has 27 heavy (non-hydrogen) atoms. The molecule has 0 radical (unpaired) electrons. The van der Waals surface area contributed by atoms with Crippen molar-refractivity contribution in [1.82, 2.24) is 0 Å². The average molecular weight is 364 g/mol. The first-order valence-corrected chi connectivity index (χ1v) is 9.43. The van der Waals surface area contributed by atoms with Gasteiger partial charge in [-0.25, -0.2) is 9.96 Å². The summed E-state index contributed by atoms with van der Waals surface area (Å²) in [4.78, 5) is 33.7. The fraction of sp³-hybridized carbons (Fsp3) is 0.364. The van der Waals surface area contributed by atoms with E-state index in [2.05, 4.69) is 13.8 Å². The average Bonchev–Trinajstić information content (AvgIpc) is 3.13. The number of anilines is 2. The van der Waals surface area contributed by atoms with E-state index in [1.54, 1.807) is 5.06 Å². The van der Waals surface area contributed by atoms with Crippen LogP contribution in [0, 0.1) is 18.8 Å². The molecule has 4 rings (SSSR count). The van der Waals surface area contributed by atoms with E-state index in [-0.39, 0.29) is 17.9 Å². The highest BCUT2D eigenvalue weighted by atomic mass is 16.7. The van der Waals surface area contributed by atoms with Gasteiger partial charge < -0.3 is 0 Å². The van der Waals surface area contributed by atoms with E-state index < -0.39 is 12.0 Å². The molecular weight excluding hydrogens is 340 g/mol. The van der Waals surface area contributed by atoms with Gasteiger partial charge in [0.05, 0.1) is 23.3 Å². The van der Waals surface area contributed by atoms with Crippen molar-refractivity contribution < 1.29 is 14.4 Å². The lowest BCUT2D eigenvalue weighted by Crippen LogP contribution is -2.41. The van der Waals surface area contributed by atoms with Crippen molar-refractivity contribution in [2.24, 2.45) is 11.8 Å². The minimum atomic E-state index is -0.761. The van der Waals surface area contributed by atoms with E-state index in [1.807, 2.05) is 61.5 Å². The Morgan fingerprint density at radius 1 is 0.926 bits per heavy atom. The Labute approximate surface area is 159 Å². The predicted octanol–water partition coefficient (Wildman–Crippen LogP) is 3.72. The molecule has 140 valence electrons. The van der Waals surface area contributed by atoms with Crippen LogP contribution in [0.3, 0.4) is 0 Å². The zero-order chi connectivity index (χ0) is 19.1. The van der Waals surface area contributed by atoms with Crippen LogP contribution in [-0.2, 0) is 14.4 Å². The molecule has 0 bridgehead atoms. The second kappa shape index (κ2) is 6.82. The fourth-order valence-corrected chi connectivity index (χ4v) is 3.99. The zero-order valence-electron chi connectivity index (χ0n) is 15.8. The molecule has 0 N–H and O–H groups in total. The fourth-order valence-electron chi connectivity index (χ4n) is 3.99. The summed E-state index contributed by atoms with van der Waals surface area (Å²) in [5, 5.41) is 1.78. The molecule has 0 aliphatic carbocycles. The summed E-state index contributed by atoms with van der Waals surface area (Å²) in [7, 11) is 0. The third-order valence-corrected chi connectivity index (χ3v) is 5.25. The summed E-state index contributed by atoms with van der Waals surface area (Å²) < 4.78 is 0. The van der Waals surface area contributed by atoms with Crippen molar-refractivity contribution in [3.63, 3.8) is 0 Å². The van der Waals surface area contributed by atoms with Gasteiger partial charge in [-0.05, 0) is 43.5 Å². The SMILES string of the molecule is Cc1ccc(N2C(=O)[C@H]3[C@@H](CC(C)C)N(c4ccccc4)O[C@H]3C2=O)cc1. The number of amides is 2. The molecule has 2 aromatic rings. The number of rotatable bonds is 4. The molecule has 0 saturated carbocycles. The lowest BCUT2D eigenvalue weighted by Gasteiger charge is -2.29. The normalized spacial score (nSPS) is 24.8. The van der Waals surface area contributed by atoms with Crippen LogP contribution in [-0.4, -0.2) is 24.0 Å². The first-order valence-electron chi connectivity index (χ1n) is 9.43. The first kappa shape index (κ1) is 17.7. The largest absolute Gasteiger partial charge is 0.273 e. The molecule has 0 spiro atoms. The van der Waals surface area contributed by atoms with Crippen LogP contribution in [0.25, 0.3) is 0 Å². The van der Waals surface area contributed by atoms with Gasteiger partial charge in [0, 0.05) is 0 Å². The molecule has 0 unspecified atom stereocenters. The molecule has 2 aliphatic heterocycles. The highest BCUT2D eigenvalue weighted by Gasteiger charge is 2.59. The van der Waals surface area contributed by atoms with Crippen molar-refractivity contribution in [2.75, 3.05) is 9.96 Å². The number of fused-ring (bicyclic) bond motifs is 1. The van der Waals surface area contributed by atoms with Crippen LogP contribution < -0.4 is 9.96 Å². The number of imide groups is 1. The third kappa shape index (κ3) is 3.02. The van der Waals surface area contributed by atoms with Crippen molar-refractivity contribution in [1.29, 1.82) is 0 Å². The van der Waals surface area contributed by atoms with Crippen LogP contribution in [0.2, 0.25) is 0 Å². The van der Waals surface area contributed by atoms with Crippen LogP contribution in [0.15, 0.2) is 54.6 Å². The number of hydrogen-bond donors (Lipinski definition) is 0. The first-order chi connectivity index (χ1) is 13.0. The Morgan fingerprint density at radius 2 is 1.59 bits per heavy atom. The number of hydrogen-bond acceptors (Lipinski definition) is 4. The number of aryl methyl sites for hydroxylation is 1. The molecule has 2 fully saturated rings. The lowest BCUT2D eigenvalue weighted by atomic mass is 9.90. The van der Waals surface area contributed by atoms with Crippen LogP contribution in [0.1, 0.15) is 25.8 Å². The van der Waals surface area contributed by atoms with Gasteiger partial charge in [0.25, 0.3) is 5.91 Å². The topological polar surface area (TPSA) is 49.9 Å². The monoisotopic (exact) mass is 364 g/mol. The van der Waals surface area contributed by atoms with E-state index in [4.69, 9.17) is 4.84 Å². The maximum atomic E-state index is 13.2. The Morgan fingerprint density at radius 3 is 2.22 bits per heavy atom. The Kier molecular flexibility index (Phi) is 4.48. The summed E-state index contributed by atoms with van der Waals surface area (Å²) in [5.74, 6) is -0.555. The number of benzene rings is 2. The van der Waals surface area contributed by atoms with Gasteiger partial charge >= 0.3 is 0 Å². The molecule has 2 amide bonds. The van der Waals surface area contributed by atoms with E-state index in [0.717, 1.165) is 17.7 Å². The zero-order valence-corrected chi connectivity index (χ0v) is 15.8. The molecule has 2 heterocycles. The van der Waals surface area contributed by atoms with Crippen molar-refractivity contribution >= 4 is 23.2 Å². The van der Waals surface area contributed by atoms with Crippen molar-refractivity contribution in [3.8, 4) is 0 Å². The van der Waals surface area contributed by atoms with Crippen molar-refractivity contribution in [3.05, 3.63) is 60.2 Å². The molecule has 2 aromatic carbocycles. The quantitative estimate of drug-likeness (QED) is 0.776. The number of carbonyl (C=O) groups excluding carboxylic acids is 2. The number of nitrogens with zero attached hydrogens (tertiary/aromatic N) is 2.